The highest BCUT2D eigenvalue weighted by Gasteiger charge is 2.16. The van der Waals surface area contributed by atoms with Gasteiger partial charge in [0.15, 0.2) is 0 Å². The Kier molecular flexibility index (Phi) is 6.17. The van der Waals surface area contributed by atoms with Gasteiger partial charge in [-0.25, -0.2) is 4.79 Å². The van der Waals surface area contributed by atoms with E-state index in [2.05, 4.69) is 5.32 Å². The summed E-state index contributed by atoms with van der Waals surface area (Å²) in [5.74, 6) is -0.464. The van der Waals surface area contributed by atoms with Gasteiger partial charge in [-0.1, -0.05) is 60.7 Å². The van der Waals surface area contributed by atoms with Crippen molar-refractivity contribution in [2.24, 2.45) is 5.73 Å². The zero-order chi connectivity index (χ0) is 16.5. The second kappa shape index (κ2) is 8.58. The molecule has 2 aromatic carbocycles. The Hall–Kier alpha value is -2.82. The normalized spacial score (nSPS) is 11.5. The predicted molar refractivity (Wildman–Crippen MR) is 87.5 cm³/mol. The van der Waals surface area contributed by atoms with Gasteiger partial charge in [0.05, 0.1) is 0 Å². The molecule has 1 atom stereocenters. The average Bonchev–Trinajstić information content (AvgIpc) is 2.54. The second-order valence-corrected chi connectivity index (χ2v) is 5.26. The first-order chi connectivity index (χ1) is 11.1. The summed E-state index contributed by atoms with van der Waals surface area (Å²) in [5, 5.41) is 2.71. The van der Waals surface area contributed by atoms with Gasteiger partial charge in [-0.05, 0) is 17.5 Å². The molecule has 23 heavy (non-hydrogen) atoms. The van der Waals surface area contributed by atoms with E-state index in [0.29, 0.717) is 6.42 Å². The van der Waals surface area contributed by atoms with Crippen molar-refractivity contribution in [2.45, 2.75) is 25.5 Å². The largest absolute Gasteiger partial charge is 0.445 e. The highest BCUT2D eigenvalue weighted by Crippen LogP contribution is 2.07. The molecule has 120 valence electrons. The number of amides is 2. The SMILES string of the molecule is NC(=O)C[C@H](Cc1ccccc1)NC(=O)OCc1ccccc1. The lowest BCUT2D eigenvalue weighted by Gasteiger charge is -2.17. The van der Waals surface area contributed by atoms with E-state index in [1.165, 1.54) is 0 Å². The number of carbonyl (C=O) groups excluding carboxylic acids is 2. The third-order valence-corrected chi connectivity index (χ3v) is 3.31. The van der Waals surface area contributed by atoms with Crippen molar-refractivity contribution in [1.29, 1.82) is 0 Å². The zero-order valence-corrected chi connectivity index (χ0v) is 12.8. The van der Waals surface area contributed by atoms with Crippen molar-refractivity contribution in [1.82, 2.24) is 5.32 Å². The molecule has 2 amide bonds. The number of ether oxygens (including phenoxy) is 1. The van der Waals surface area contributed by atoms with Crippen LogP contribution in [0.25, 0.3) is 0 Å². The fourth-order valence-electron chi connectivity index (χ4n) is 2.25. The number of nitrogens with two attached hydrogens (primary N) is 1. The number of benzene rings is 2. The highest BCUT2D eigenvalue weighted by molar-refractivity contribution is 5.76. The molecule has 0 aromatic heterocycles. The van der Waals surface area contributed by atoms with Gasteiger partial charge in [-0.3, -0.25) is 4.79 Å². The van der Waals surface area contributed by atoms with Crippen molar-refractivity contribution in [3.8, 4) is 0 Å². The maximum atomic E-state index is 11.9. The first kappa shape index (κ1) is 16.5. The molecule has 2 aromatic rings. The first-order valence-corrected chi connectivity index (χ1v) is 7.43. The van der Waals surface area contributed by atoms with E-state index in [1.807, 2.05) is 60.7 Å². The minimum absolute atomic E-state index is 0.0648. The van der Waals surface area contributed by atoms with Gasteiger partial charge in [-0.15, -0.1) is 0 Å². The minimum Gasteiger partial charge on any atom is -0.445 e. The van der Waals surface area contributed by atoms with Crippen molar-refractivity contribution < 1.29 is 14.3 Å². The Morgan fingerprint density at radius 2 is 1.52 bits per heavy atom. The Bertz CT molecular complexity index is 629. The van der Waals surface area contributed by atoms with Gasteiger partial charge < -0.3 is 15.8 Å². The first-order valence-electron chi connectivity index (χ1n) is 7.43. The molecule has 0 saturated heterocycles. The van der Waals surface area contributed by atoms with Crippen molar-refractivity contribution in [3.05, 3.63) is 71.8 Å². The lowest BCUT2D eigenvalue weighted by molar-refractivity contribution is -0.118. The highest BCUT2D eigenvalue weighted by atomic mass is 16.5. The zero-order valence-electron chi connectivity index (χ0n) is 12.8. The Balaban J connectivity index is 1.88. The van der Waals surface area contributed by atoms with Gasteiger partial charge in [0, 0.05) is 12.5 Å². The maximum absolute atomic E-state index is 11.9. The third-order valence-electron chi connectivity index (χ3n) is 3.31. The second-order valence-electron chi connectivity index (χ2n) is 5.26. The molecule has 0 saturated carbocycles. The number of hydrogen-bond acceptors (Lipinski definition) is 3. The molecule has 0 aliphatic heterocycles. The van der Waals surface area contributed by atoms with Gasteiger partial charge >= 0.3 is 6.09 Å². The number of carbonyl (C=O) groups is 2. The minimum atomic E-state index is -0.559. The van der Waals surface area contributed by atoms with E-state index in [0.717, 1.165) is 11.1 Å². The number of alkyl carbamates (subject to hydrolysis) is 1. The van der Waals surface area contributed by atoms with Crippen molar-refractivity contribution >= 4 is 12.0 Å². The molecule has 0 radical (unpaired) electrons. The molecule has 2 rings (SSSR count). The fraction of sp³-hybridized carbons (Fsp3) is 0.222. The van der Waals surface area contributed by atoms with Crippen LogP contribution in [0, 0.1) is 0 Å². The Morgan fingerprint density at radius 3 is 2.09 bits per heavy atom. The molecular formula is C18H20N2O3. The lowest BCUT2D eigenvalue weighted by atomic mass is 10.0. The molecule has 0 aliphatic rings. The van der Waals surface area contributed by atoms with Gasteiger partial charge in [-0.2, -0.15) is 0 Å². The molecule has 0 spiro atoms. The number of rotatable bonds is 7. The van der Waals surface area contributed by atoms with E-state index in [1.54, 1.807) is 0 Å². The summed E-state index contributed by atoms with van der Waals surface area (Å²) in [7, 11) is 0. The maximum Gasteiger partial charge on any atom is 0.407 e. The number of primary amides is 1. The summed E-state index contributed by atoms with van der Waals surface area (Å²) in [6.07, 6.45) is 0.0237. The summed E-state index contributed by atoms with van der Waals surface area (Å²) in [6.45, 7) is 0.182. The molecule has 5 nitrogen and oxygen atoms in total. The van der Waals surface area contributed by atoms with E-state index in [9.17, 15) is 9.59 Å². The van der Waals surface area contributed by atoms with Crippen molar-refractivity contribution in [2.75, 3.05) is 0 Å². The molecule has 0 bridgehead atoms. The molecule has 0 heterocycles. The fourth-order valence-corrected chi connectivity index (χ4v) is 2.25. The van der Waals surface area contributed by atoms with Crippen molar-refractivity contribution in [3.63, 3.8) is 0 Å². The summed E-state index contributed by atoms with van der Waals surface area (Å²) >= 11 is 0. The van der Waals surface area contributed by atoms with E-state index in [-0.39, 0.29) is 13.0 Å². The average molecular weight is 312 g/mol. The standard InChI is InChI=1S/C18H20N2O3/c19-17(21)12-16(11-14-7-3-1-4-8-14)20-18(22)23-13-15-9-5-2-6-10-15/h1-10,16H,11-13H2,(H2,19,21)(H,20,22)/t16-/m0/s1. The summed E-state index contributed by atoms with van der Waals surface area (Å²) in [6, 6.07) is 18.6. The molecule has 3 N–H and O–H groups in total. The van der Waals surface area contributed by atoms with Gasteiger partial charge in [0.25, 0.3) is 0 Å². The Labute approximate surface area is 135 Å². The monoisotopic (exact) mass is 312 g/mol. The topological polar surface area (TPSA) is 81.4 Å². The number of hydrogen-bond donors (Lipinski definition) is 2. The van der Waals surface area contributed by atoms with E-state index >= 15 is 0 Å². The van der Waals surface area contributed by atoms with Crippen LogP contribution in [0.3, 0.4) is 0 Å². The molecular weight excluding hydrogens is 292 g/mol. The summed E-state index contributed by atoms with van der Waals surface area (Å²) < 4.78 is 5.18. The molecule has 0 unspecified atom stereocenters. The van der Waals surface area contributed by atoms with Crippen LogP contribution < -0.4 is 11.1 Å². The molecule has 5 heteroatoms. The van der Waals surface area contributed by atoms with Crippen LogP contribution in [0.15, 0.2) is 60.7 Å². The Morgan fingerprint density at radius 1 is 0.957 bits per heavy atom. The summed E-state index contributed by atoms with van der Waals surface area (Å²) in [4.78, 5) is 23.1. The van der Waals surface area contributed by atoms with E-state index in [4.69, 9.17) is 10.5 Å². The quantitative estimate of drug-likeness (QED) is 0.823. The van der Waals surface area contributed by atoms with Crippen LogP contribution in [-0.4, -0.2) is 18.0 Å². The van der Waals surface area contributed by atoms with Crippen LogP contribution in [0.4, 0.5) is 4.79 Å². The van der Waals surface area contributed by atoms with Gasteiger partial charge in [0.2, 0.25) is 5.91 Å². The summed E-state index contributed by atoms with van der Waals surface area (Å²) in [5.41, 5.74) is 7.17. The van der Waals surface area contributed by atoms with Crippen LogP contribution >= 0.6 is 0 Å². The van der Waals surface area contributed by atoms with Crippen LogP contribution in [-0.2, 0) is 22.6 Å². The third kappa shape index (κ3) is 6.22. The van der Waals surface area contributed by atoms with Crippen LogP contribution in [0.5, 0.6) is 0 Å². The molecule has 0 fully saturated rings. The van der Waals surface area contributed by atoms with Crippen LogP contribution in [0.2, 0.25) is 0 Å². The van der Waals surface area contributed by atoms with Crippen LogP contribution in [0.1, 0.15) is 17.5 Å². The number of nitrogens with one attached hydrogen (secondary N) is 1. The van der Waals surface area contributed by atoms with E-state index < -0.39 is 18.0 Å². The van der Waals surface area contributed by atoms with Gasteiger partial charge in [0.1, 0.15) is 6.61 Å². The molecule has 0 aliphatic carbocycles. The smallest absolute Gasteiger partial charge is 0.407 e. The lowest BCUT2D eigenvalue weighted by Crippen LogP contribution is -2.39. The predicted octanol–water partition coefficient (Wildman–Crippen LogP) is 2.40.